The highest BCUT2D eigenvalue weighted by Crippen LogP contribution is 2.39. The molecule has 0 aliphatic heterocycles. The van der Waals surface area contributed by atoms with Crippen molar-refractivity contribution in [3.63, 3.8) is 0 Å². The predicted molar refractivity (Wildman–Crippen MR) is 80.2 cm³/mol. The summed E-state index contributed by atoms with van der Waals surface area (Å²) < 4.78 is 5.84. The maximum absolute atomic E-state index is 5.84. The zero-order valence-corrected chi connectivity index (χ0v) is 11.8. The van der Waals surface area contributed by atoms with Crippen LogP contribution in [0.3, 0.4) is 0 Å². The molecule has 0 aliphatic rings. The summed E-state index contributed by atoms with van der Waals surface area (Å²) in [5.41, 5.74) is 0. The second kappa shape index (κ2) is 6.68. The van der Waals surface area contributed by atoms with Crippen LogP contribution in [0.1, 0.15) is 13.8 Å². The van der Waals surface area contributed by atoms with Crippen LogP contribution in [0.5, 0.6) is 0 Å². The minimum atomic E-state index is -0.440. The average Bonchev–Trinajstić information content (AvgIpc) is 2.42. The summed E-state index contributed by atoms with van der Waals surface area (Å²) in [5, 5.41) is 2.75. The summed E-state index contributed by atoms with van der Waals surface area (Å²) in [6, 6.07) is 21.3. The second-order valence-electron chi connectivity index (χ2n) is 4.10. The van der Waals surface area contributed by atoms with Crippen molar-refractivity contribution < 1.29 is 4.74 Å². The first-order chi connectivity index (χ1) is 8.83. The van der Waals surface area contributed by atoms with Crippen LogP contribution in [0, 0.1) is 0 Å². The highest BCUT2D eigenvalue weighted by Gasteiger charge is 2.20. The van der Waals surface area contributed by atoms with Gasteiger partial charge in [-0.25, -0.2) is 0 Å². The van der Waals surface area contributed by atoms with Gasteiger partial charge in [-0.2, -0.15) is 0 Å². The Kier molecular flexibility index (Phi) is 4.92. The van der Waals surface area contributed by atoms with Crippen LogP contribution in [-0.4, -0.2) is 12.5 Å². The first-order valence-corrected chi connectivity index (χ1v) is 7.75. The lowest BCUT2D eigenvalue weighted by Gasteiger charge is -2.25. The van der Waals surface area contributed by atoms with Crippen LogP contribution in [-0.2, 0) is 4.74 Å². The maximum atomic E-state index is 5.84. The summed E-state index contributed by atoms with van der Waals surface area (Å²) in [6.07, 6.45) is 0. The molecular formula is C16H19OP. The SMILES string of the molecule is CCOC(C)P(c1ccccc1)c1ccccc1. The van der Waals surface area contributed by atoms with Gasteiger partial charge in [0, 0.05) is 6.61 Å². The lowest BCUT2D eigenvalue weighted by atomic mass is 10.4. The van der Waals surface area contributed by atoms with Gasteiger partial charge in [-0.1, -0.05) is 60.7 Å². The molecule has 1 nitrogen and oxygen atoms in total. The van der Waals surface area contributed by atoms with E-state index in [0.29, 0.717) is 0 Å². The average molecular weight is 258 g/mol. The molecule has 0 fully saturated rings. The van der Waals surface area contributed by atoms with E-state index in [4.69, 9.17) is 4.74 Å². The summed E-state index contributed by atoms with van der Waals surface area (Å²) in [7, 11) is -0.440. The Morgan fingerprint density at radius 3 is 1.72 bits per heavy atom. The van der Waals surface area contributed by atoms with Crippen molar-refractivity contribution in [3.8, 4) is 0 Å². The Hall–Kier alpha value is -1.17. The molecule has 2 heteroatoms. The Labute approximate surface area is 111 Å². The standard InChI is InChI=1S/C16H19OP/c1-3-17-14(2)18(15-10-6-4-7-11-15)16-12-8-5-9-13-16/h4-14H,3H2,1-2H3. The van der Waals surface area contributed by atoms with E-state index < -0.39 is 7.92 Å². The fourth-order valence-electron chi connectivity index (χ4n) is 2.06. The zero-order chi connectivity index (χ0) is 12.8. The topological polar surface area (TPSA) is 9.23 Å². The first kappa shape index (κ1) is 13.3. The van der Waals surface area contributed by atoms with Gasteiger partial charge in [0.05, 0.1) is 5.85 Å². The molecule has 0 bridgehead atoms. The van der Waals surface area contributed by atoms with Gasteiger partial charge >= 0.3 is 0 Å². The Bertz CT molecular complexity index is 416. The zero-order valence-electron chi connectivity index (χ0n) is 10.9. The highest BCUT2D eigenvalue weighted by molar-refractivity contribution is 7.73. The minimum Gasteiger partial charge on any atom is -0.374 e. The third kappa shape index (κ3) is 3.19. The summed E-state index contributed by atoms with van der Waals surface area (Å²) in [4.78, 5) is 0. The van der Waals surface area contributed by atoms with Crippen LogP contribution in [0.4, 0.5) is 0 Å². The van der Waals surface area contributed by atoms with Gasteiger partial charge in [0.15, 0.2) is 0 Å². The normalized spacial score (nSPS) is 12.6. The molecule has 2 aromatic carbocycles. The number of benzene rings is 2. The second-order valence-corrected chi connectivity index (χ2v) is 6.60. The van der Waals surface area contributed by atoms with E-state index in [2.05, 4.69) is 74.5 Å². The molecule has 0 radical (unpaired) electrons. The van der Waals surface area contributed by atoms with Crippen LogP contribution >= 0.6 is 7.92 Å². The lowest BCUT2D eigenvalue weighted by Crippen LogP contribution is -2.21. The molecule has 0 saturated heterocycles. The molecular weight excluding hydrogens is 239 g/mol. The molecule has 18 heavy (non-hydrogen) atoms. The van der Waals surface area contributed by atoms with E-state index in [1.165, 1.54) is 10.6 Å². The predicted octanol–water partition coefficient (Wildman–Crippen LogP) is 3.50. The molecule has 0 amide bonds. The van der Waals surface area contributed by atoms with E-state index in [9.17, 15) is 0 Å². The summed E-state index contributed by atoms with van der Waals surface area (Å²) in [5.74, 6) is 0.245. The van der Waals surface area contributed by atoms with Crippen LogP contribution in [0.2, 0.25) is 0 Å². The van der Waals surface area contributed by atoms with Gasteiger partial charge in [0.2, 0.25) is 0 Å². The summed E-state index contributed by atoms with van der Waals surface area (Å²) in [6.45, 7) is 4.99. The number of hydrogen-bond donors (Lipinski definition) is 0. The van der Waals surface area contributed by atoms with E-state index in [0.717, 1.165) is 6.61 Å². The molecule has 1 unspecified atom stereocenters. The monoisotopic (exact) mass is 258 g/mol. The molecule has 94 valence electrons. The van der Waals surface area contributed by atoms with Gasteiger partial charge in [-0.15, -0.1) is 0 Å². The number of ether oxygens (including phenoxy) is 1. The molecule has 1 atom stereocenters. The van der Waals surface area contributed by atoms with E-state index in [-0.39, 0.29) is 5.85 Å². The first-order valence-electron chi connectivity index (χ1n) is 6.34. The van der Waals surface area contributed by atoms with Crippen molar-refractivity contribution >= 4 is 18.5 Å². The number of rotatable bonds is 5. The van der Waals surface area contributed by atoms with Crippen molar-refractivity contribution in [2.45, 2.75) is 19.7 Å². The highest BCUT2D eigenvalue weighted by atomic mass is 31.1. The molecule has 0 heterocycles. The van der Waals surface area contributed by atoms with Crippen LogP contribution < -0.4 is 10.6 Å². The fourth-order valence-corrected chi connectivity index (χ4v) is 4.48. The molecule has 0 spiro atoms. The molecule has 0 N–H and O–H groups in total. The van der Waals surface area contributed by atoms with Crippen molar-refractivity contribution in [2.75, 3.05) is 6.61 Å². The van der Waals surface area contributed by atoms with E-state index in [1.54, 1.807) is 0 Å². The fraction of sp³-hybridized carbons (Fsp3) is 0.250. The van der Waals surface area contributed by atoms with Gasteiger partial charge in [-0.3, -0.25) is 0 Å². The third-order valence-corrected chi connectivity index (χ3v) is 5.43. The largest absolute Gasteiger partial charge is 0.374 e. The molecule has 0 aromatic heterocycles. The van der Waals surface area contributed by atoms with Gasteiger partial charge in [0.1, 0.15) is 0 Å². The van der Waals surface area contributed by atoms with Crippen molar-refractivity contribution in [1.29, 1.82) is 0 Å². The summed E-state index contributed by atoms with van der Waals surface area (Å²) >= 11 is 0. The Morgan fingerprint density at radius 1 is 0.889 bits per heavy atom. The Balaban J connectivity index is 2.35. The molecule has 2 aromatic rings. The van der Waals surface area contributed by atoms with Crippen LogP contribution in [0.15, 0.2) is 60.7 Å². The maximum Gasteiger partial charge on any atom is 0.0820 e. The van der Waals surface area contributed by atoms with E-state index >= 15 is 0 Å². The van der Waals surface area contributed by atoms with Gasteiger partial charge in [-0.05, 0) is 32.4 Å². The number of hydrogen-bond acceptors (Lipinski definition) is 1. The molecule has 0 saturated carbocycles. The van der Waals surface area contributed by atoms with E-state index in [1.807, 2.05) is 0 Å². The quantitative estimate of drug-likeness (QED) is 0.746. The van der Waals surface area contributed by atoms with Gasteiger partial charge in [0.25, 0.3) is 0 Å². The lowest BCUT2D eigenvalue weighted by molar-refractivity contribution is 0.134. The van der Waals surface area contributed by atoms with Gasteiger partial charge < -0.3 is 4.74 Å². The Morgan fingerprint density at radius 2 is 1.33 bits per heavy atom. The third-order valence-electron chi connectivity index (χ3n) is 2.84. The van der Waals surface area contributed by atoms with Crippen molar-refractivity contribution in [3.05, 3.63) is 60.7 Å². The molecule has 2 rings (SSSR count). The molecule has 0 aliphatic carbocycles. The minimum absolute atomic E-state index is 0.245. The van der Waals surface area contributed by atoms with Crippen LogP contribution in [0.25, 0.3) is 0 Å². The van der Waals surface area contributed by atoms with Crippen molar-refractivity contribution in [1.82, 2.24) is 0 Å². The smallest absolute Gasteiger partial charge is 0.0820 e. The van der Waals surface area contributed by atoms with Crippen molar-refractivity contribution in [2.24, 2.45) is 0 Å².